The number of anilines is 1. The number of hydrogen-bond donors (Lipinski definition) is 1. The zero-order chi connectivity index (χ0) is 23.9. The number of amides is 2. The first-order valence-electron chi connectivity index (χ1n) is 11.0. The Labute approximate surface area is 197 Å². The standard InChI is InChI=1S/C25H25N5O4/c1-3-34-23-15-18(8-11-22(23)33-2)20-5-4-14-30(29-20)25(32)17-6-9-19(10-7-17)28-24(31)21-12-13-26-16-27-21/h6-13,15-16H,3-5,14H2,1-2H3,(H,28,31). The van der Waals surface area contributed by atoms with Crippen LogP contribution in [0.15, 0.2) is 66.2 Å². The lowest BCUT2D eigenvalue weighted by atomic mass is 10.0. The lowest BCUT2D eigenvalue weighted by molar-refractivity contribution is 0.0751. The van der Waals surface area contributed by atoms with Crippen LogP contribution in [0.1, 0.15) is 46.2 Å². The van der Waals surface area contributed by atoms with E-state index in [1.54, 1.807) is 31.4 Å². The molecule has 0 fully saturated rings. The lowest BCUT2D eigenvalue weighted by Crippen LogP contribution is -2.32. The number of ether oxygens (including phenoxy) is 2. The van der Waals surface area contributed by atoms with Crippen molar-refractivity contribution in [2.75, 3.05) is 25.6 Å². The maximum atomic E-state index is 13.1. The highest BCUT2D eigenvalue weighted by Crippen LogP contribution is 2.29. The molecule has 1 aliphatic heterocycles. The summed E-state index contributed by atoms with van der Waals surface area (Å²) in [5.41, 5.74) is 3.01. The second kappa shape index (κ2) is 10.6. The Hall–Kier alpha value is -4.27. The highest BCUT2D eigenvalue weighted by molar-refractivity contribution is 6.04. The predicted octanol–water partition coefficient (Wildman–Crippen LogP) is 3.78. The van der Waals surface area contributed by atoms with Crippen molar-refractivity contribution in [3.63, 3.8) is 0 Å². The molecule has 2 amide bonds. The van der Waals surface area contributed by atoms with Crippen LogP contribution < -0.4 is 14.8 Å². The summed E-state index contributed by atoms with van der Waals surface area (Å²) >= 11 is 0. The van der Waals surface area contributed by atoms with Gasteiger partial charge in [-0.15, -0.1) is 0 Å². The normalized spacial score (nSPS) is 13.1. The number of hydrazone groups is 1. The predicted molar refractivity (Wildman–Crippen MR) is 127 cm³/mol. The molecule has 1 aliphatic rings. The van der Waals surface area contributed by atoms with Gasteiger partial charge in [0.15, 0.2) is 11.5 Å². The molecule has 34 heavy (non-hydrogen) atoms. The van der Waals surface area contributed by atoms with Gasteiger partial charge in [-0.1, -0.05) is 0 Å². The van der Waals surface area contributed by atoms with Crippen molar-refractivity contribution >= 4 is 23.2 Å². The number of methoxy groups -OCH3 is 1. The number of benzene rings is 2. The fourth-order valence-electron chi connectivity index (χ4n) is 3.58. The van der Waals surface area contributed by atoms with Gasteiger partial charge in [0, 0.05) is 29.6 Å². The van der Waals surface area contributed by atoms with E-state index in [1.807, 2.05) is 25.1 Å². The summed E-state index contributed by atoms with van der Waals surface area (Å²) in [6.45, 7) is 2.97. The Morgan fingerprint density at radius 1 is 1.09 bits per heavy atom. The first-order chi connectivity index (χ1) is 16.6. The summed E-state index contributed by atoms with van der Waals surface area (Å²) in [5, 5.41) is 8.85. The van der Waals surface area contributed by atoms with Crippen molar-refractivity contribution in [2.24, 2.45) is 5.10 Å². The minimum Gasteiger partial charge on any atom is -0.493 e. The van der Waals surface area contributed by atoms with Crippen LogP contribution in [0.25, 0.3) is 0 Å². The third-order valence-corrected chi connectivity index (χ3v) is 5.26. The van der Waals surface area contributed by atoms with Crippen LogP contribution in [-0.2, 0) is 0 Å². The number of carbonyl (C=O) groups excluding carboxylic acids is 2. The van der Waals surface area contributed by atoms with E-state index in [1.165, 1.54) is 23.6 Å². The van der Waals surface area contributed by atoms with Gasteiger partial charge in [0.05, 0.1) is 19.4 Å². The van der Waals surface area contributed by atoms with E-state index in [0.29, 0.717) is 35.9 Å². The first kappa shape index (κ1) is 22.9. The summed E-state index contributed by atoms with van der Waals surface area (Å²) < 4.78 is 11.0. The molecule has 1 aromatic heterocycles. The zero-order valence-corrected chi connectivity index (χ0v) is 19.0. The van der Waals surface area contributed by atoms with Crippen LogP contribution >= 0.6 is 0 Å². The van der Waals surface area contributed by atoms with E-state index in [0.717, 1.165) is 24.1 Å². The van der Waals surface area contributed by atoms with E-state index in [2.05, 4.69) is 20.4 Å². The second-order valence-corrected chi connectivity index (χ2v) is 7.50. The molecule has 9 nitrogen and oxygen atoms in total. The van der Waals surface area contributed by atoms with Gasteiger partial charge in [0.1, 0.15) is 12.0 Å². The van der Waals surface area contributed by atoms with Crippen molar-refractivity contribution in [1.29, 1.82) is 0 Å². The van der Waals surface area contributed by atoms with Gasteiger partial charge in [-0.05, 0) is 68.3 Å². The van der Waals surface area contributed by atoms with Gasteiger partial charge < -0.3 is 14.8 Å². The second-order valence-electron chi connectivity index (χ2n) is 7.50. The van der Waals surface area contributed by atoms with Crippen LogP contribution in [0.4, 0.5) is 5.69 Å². The van der Waals surface area contributed by atoms with Gasteiger partial charge in [-0.2, -0.15) is 5.10 Å². The number of nitrogens with zero attached hydrogens (tertiary/aromatic N) is 4. The molecule has 3 aromatic rings. The van der Waals surface area contributed by atoms with Crippen LogP contribution in [0, 0.1) is 0 Å². The van der Waals surface area contributed by atoms with E-state index >= 15 is 0 Å². The van der Waals surface area contributed by atoms with E-state index in [4.69, 9.17) is 9.47 Å². The van der Waals surface area contributed by atoms with E-state index < -0.39 is 0 Å². The van der Waals surface area contributed by atoms with Gasteiger partial charge in [0.25, 0.3) is 11.8 Å². The summed E-state index contributed by atoms with van der Waals surface area (Å²) in [4.78, 5) is 33.0. The quantitative estimate of drug-likeness (QED) is 0.576. The molecular weight excluding hydrogens is 434 g/mol. The average molecular weight is 460 g/mol. The van der Waals surface area contributed by atoms with Crippen molar-refractivity contribution in [3.8, 4) is 11.5 Å². The van der Waals surface area contributed by atoms with Gasteiger partial charge in [-0.25, -0.2) is 15.0 Å². The van der Waals surface area contributed by atoms with Gasteiger partial charge in [-0.3, -0.25) is 9.59 Å². The molecule has 0 saturated heterocycles. The number of aromatic nitrogens is 2. The number of carbonyl (C=O) groups is 2. The molecule has 0 bridgehead atoms. The molecule has 1 N–H and O–H groups in total. The Morgan fingerprint density at radius 2 is 1.91 bits per heavy atom. The van der Waals surface area contributed by atoms with Crippen molar-refractivity contribution in [2.45, 2.75) is 19.8 Å². The zero-order valence-electron chi connectivity index (χ0n) is 19.0. The maximum absolute atomic E-state index is 13.1. The van der Waals surface area contributed by atoms with E-state index in [-0.39, 0.29) is 17.5 Å². The Kier molecular flexibility index (Phi) is 7.12. The van der Waals surface area contributed by atoms with Crippen molar-refractivity contribution in [3.05, 3.63) is 77.9 Å². The first-order valence-corrected chi connectivity index (χ1v) is 11.0. The Morgan fingerprint density at radius 3 is 2.62 bits per heavy atom. The summed E-state index contributed by atoms with van der Waals surface area (Å²) in [5.74, 6) is 0.747. The van der Waals surface area contributed by atoms with Crippen LogP contribution in [0.5, 0.6) is 11.5 Å². The van der Waals surface area contributed by atoms with Gasteiger partial charge >= 0.3 is 0 Å². The third kappa shape index (κ3) is 5.20. The van der Waals surface area contributed by atoms with E-state index in [9.17, 15) is 9.59 Å². The monoisotopic (exact) mass is 459 g/mol. The van der Waals surface area contributed by atoms with Crippen molar-refractivity contribution < 1.29 is 19.1 Å². The Bertz CT molecular complexity index is 1200. The molecular formula is C25H25N5O4. The molecule has 2 heterocycles. The molecule has 0 atom stereocenters. The summed E-state index contributed by atoms with van der Waals surface area (Å²) in [7, 11) is 1.60. The number of nitrogens with one attached hydrogen (secondary N) is 1. The summed E-state index contributed by atoms with van der Waals surface area (Å²) in [6, 6.07) is 13.9. The van der Waals surface area contributed by atoms with Crippen LogP contribution in [0.3, 0.4) is 0 Å². The average Bonchev–Trinajstić information content (AvgIpc) is 2.89. The lowest BCUT2D eigenvalue weighted by Gasteiger charge is -2.24. The van der Waals surface area contributed by atoms with Crippen molar-refractivity contribution in [1.82, 2.24) is 15.0 Å². The molecule has 0 unspecified atom stereocenters. The van der Waals surface area contributed by atoms with Crippen LogP contribution in [-0.4, -0.2) is 52.8 Å². The number of hydrogen-bond acceptors (Lipinski definition) is 7. The highest BCUT2D eigenvalue weighted by Gasteiger charge is 2.21. The fourth-order valence-corrected chi connectivity index (χ4v) is 3.58. The maximum Gasteiger partial charge on any atom is 0.274 e. The molecule has 0 radical (unpaired) electrons. The molecule has 0 saturated carbocycles. The molecule has 174 valence electrons. The minimum absolute atomic E-state index is 0.204. The van der Waals surface area contributed by atoms with Gasteiger partial charge in [0.2, 0.25) is 0 Å². The third-order valence-electron chi connectivity index (χ3n) is 5.26. The molecule has 9 heteroatoms. The SMILES string of the molecule is CCOc1cc(C2=NN(C(=O)c3ccc(NC(=O)c4ccncn4)cc3)CCC2)ccc1OC. The Balaban J connectivity index is 1.48. The largest absolute Gasteiger partial charge is 0.493 e. The molecule has 0 aliphatic carbocycles. The minimum atomic E-state index is -0.349. The molecule has 2 aromatic carbocycles. The molecule has 4 rings (SSSR count). The summed E-state index contributed by atoms with van der Waals surface area (Å²) in [6.07, 6.45) is 4.37. The fraction of sp³-hybridized carbons (Fsp3) is 0.240. The highest BCUT2D eigenvalue weighted by atomic mass is 16.5. The topological polar surface area (TPSA) is 106 Å². The smallest absolute Gasteiger partial charge is 0.274 e. The molecule has 0 spiro atoms. The van der Waals surface area contributed by atoms with Crippen LogP contribution in [0.2, 0.25) is 0 Å². The number of rotatable bonds is 7.